The number of carboxylic acid groups (broad SMARTS) is 1. The first-order valence-electron chi connectivity index (χ1n) is 10.9. The van der Waals surface area contributed by atoms with Gasteiger partial charge in [-0.3, -0.25) is 4.79 Å². The van der Waals surface area contributed by atoms with Crippen LogP contribution in [0, 0.1) is 6.92 Å². The van der Waals surface area contributed by atoms with E-state index in [0.29, 0.717) is 24.7 Å². The zero-order chi connectivity index (χ0) is 22.9. The van der Waals surface area contributed by atoms with Crippen molar-refractivity contribution in [3.8, 4) is 22.6 Å². The van der Waals surface area contributed by atoms with Crippen LogP contribution in [-0.2, 0) is 17.8 Å². The van der Waals surface area contributed by atoms with E-state index in [4.69, 9.17) is 26.2 Å². The first kappa shape index (κ1) is 23.7. The van der Waals surface area contributed by atoms with Crippen molar-refractivity contribution in [3.05, 3.63) is 82.4 Å². The number of benzene rings is 3. The molecule has 0 radical (unpaired) electrons. The van der Waals surface area contributed by atoms with Crippen molar-refractivity contribution in [1.29, 1.82) is 0 Å². The van der Waals surface area contributed by atoms with E-state index in [1.54, 1.807) is 0 Å². The van der Waals surface area contributed by atoms with Gasteiger partial charge in [0.2, 0.25) is 0 Å². The molecule has 0 saturated carbocycles. The first-order valence-corrected chi connectivity index (χ1v) is 11.3. The van der Waals surface area contributed by atoms with E-state index in [9.17, 15) is 4.79 Å². The molecule has 0 heterocycles. The van der Waals surface area contributed by atoms with Gasteiger partial charge in [-0.25, -0.2) is 0 Å². The van der Waals surface area contributed by atoms with Gasteiger partial charge in [0.05, 0.1) is 11.6 Å². The highest BCUT2D eigenvalue weighted by Gasteiger charge is 2.11. The molecular weight excluding hydrogens is 424 g/mol. The molecule has 5 heteroatoms. The minimum absolute atomic E-state index is 0.126. The SMILES string of the molecule is CCCCOc1cc(C)c(-c2cccc(COc3ccc(CCC(=O)O)cc3)c2)c(Cl)c1. The summed E-state index contributed by atoms with van der Waals surface area (Å²) in [5, 5.41) is 9.47. The van der Waals surface area contributed by atoms with Gasteiger partial charge in [0, 0.05) is 12.0 Å². The zero-order valence-corrected chi connectivity index (χ0v) is 19.3. The van der Waals surface area contributed by atoms with Gasteiger partial charge < -0.3 is 14.6 Å². The average molecular weight is 453 g/mol. The summed E-state index contributed by atoms with van der Waals surface area (Å²) < 4.78 is 11.7. The molecule has 32 heavy (non-hydrogen) atoms. The lowest BCUT2D eigenvalue weighted by Gasteiger charge is -2.14. The Labute approximate surface area is 194 Å². The van der Waals surface area contributed by atoms with Gasteiger partial charge in [-0.2, -0.15) is 0 Å². The van der Waals surface area contributed by atoms with Crippen LogP contribution in [0.5, 0.6) is 11.5 Å². The Balaban J connectivity index is 1.67. The monoisotopic (exact) mass is 452 g/mol. The molecule has 0 spiro atoms. The molecule has 0 atom stereocenters. The second-order valence-electron chi connectivity index (χ2n) is 7.83. The maximum atomic E-state index is 10.7. The van der Waals surface area contributed by atoms with Gasteiger partial charge in [-0.15, -0.1) is 0 Å². The molecule has 3 rings (SSSR count). The van der Waals surface area contributed by atoms with Crippen LogP contribution in [0.1, 0.15) is 42.9 Å². The van der Waals surface area contributed by atoms with Gasteiger partial charge in [0.25, 0.3) is 0 Å². The summed E-state index contributed by atoms with van der Waals surface area (Å²) in [6, 6.07) is 19.6. The molecule has 0 aromatic heterocycles. The molecule has 3 aromatic rings. The first-order chi connectivity index (χ1) is 15.5. The van der Waals surface area contributed by atoms with Crippen LogP contribution in [0.25, 0.3) is 11.1 Å². The van der Waals surface area contributed by atoms with Gasteiger partial charge in [0.1, 0.15) is 18.1 Å². The Morgan fingerprint density at radius 3 is 2.44 bits per heavy atom. The standard InChI is InChI=1S/C27H29ClO4/c1-3-4-14-31-24-15-19(2)27(25(28)17-24)22-7-5-6-21(16-22)18-32-23-11-8-20(9-12-23)10-13-26(29)30/h5-9,11-12,15-17H,3-4,10,13-14,18H2,1-2H3,(H,29,30). The largest absolute Gasteiger partial charge is 0.494 e. The third-order valence-electron chi connectivity index (χ3n) is 5.20. The molecule has 0 aliphatic heterocycles. The summed E-state index contributed by atoms with van der Waals surface area (Å²) in [4.78, 5) is 10.7. The van der Waals surface area contributed by atoms with Gasteiger partial charge in [0.15, 0.2) is 0 Å². The molecule has 0 bridgehead atoms. The van der Waals surface area contributed by atoms with Crippen molar-refractivity contribution in [3.63, 3.8) is 0 Å². The molecule has 168 valence electrons. The number of carbonyl (C=O) groups is 1. The third kappa shape index (κ3) is 6.76. The zero-order valence-electron chi connectivity index (χ0n) is 18.6. The number of aryl methyl sites for hydroxylation is 2. The Bertz CT molecular complexity index is 1020. The van der Waals surface area contributed by atoms with E-state index in [1.165, 1.54) is 0 Å². The molecule has 3 aromatic carbocycles. The second-order valence-corrected chi connectivity index (χ2v) is 8.23. The van der Waals surface area contributed by atoms with Crippen molar-refractivity contribution in [1.82, 2.24) is 0 Å². The van der Waals surface area contributed by atoms with Crippen LogP contribution in [-0.4, -0.2) is 17.7 Å². The van der Waals surface area contributed by atoms with E-state index in [-0.39, 0.29) is 6.42 Å². The lowest BCUT2D eigenvalue weighted by molar-refractivity contribution is -0.136. The third-order valence-corrected chi connectivity index (χ3v) is 5.50. The predicted octanol–water partition coefficient (Wildman–Crippen LogP) is 7.09. The molecule has 1 N–H and O–H groups in total. The van der Waals surface area contributed by atoms with Crippen molar-refractivity contribution in [2.75, 3.05) is 6.61 Å². The minimum Gasteiger partial charge on any atom is -0.494 e. The van der Waals surface area contributed by atoms with Crippen molar-refractivity contribution < 1.29 is 19.4 Å². The molecule has 4 nitrogen and oxygen atoms in total. The van der Waals surface area contributed by atoms with Crippen LogP contribution < -0.4 is 9.47 Å². The van der Waals surface area contributed by atoms with Crippen molar-refractivity contribution in [2.24, 2.45) is 0 Å². The van der Waals surface area contributed by atoms with Gasteiger partial charge in [-0.1, -0.05) is 55.3 Å². The van der Waals surface area contributed by atoms with Gasteiger partial charge >= 0.3 is 5.97 Å². The summed E-state index contributed by atoms with van der Waals surface area (Å²) in [6.45, 7) is 5.30. The van der Waals surface area contributed by atoms with E-state index in [1.807, 2.05) is 61.5 Å². The molecule has 0 aliphatic carbocycles. The highest BCUT2D eigenvalue weighted by molar-refractivity contribution is 6.33. The number of ether oxygens (including phenoxy) is 2. The van der Waals surface area contributed by atoms with Crippen molar-refractivity contribution >= 4 is 17.6 Å². The Morgan fingerprint density at radius 1 is 0.969 bits per heavy atom. The van der Waals surface area contributed by atoms with Crippen LogP contribution in [0.3, 0.4) is 0 Å². The fraction of sp³-hybridized carbons (Fsp3) is 0.296. The summed E-state index contributed by atoms with van der Waals surface area (Å²) in [7, 11) is 0. The topological polar surface area (TPSA) is 55.8 Å². The van der Waals surface area contributed by atoms with E-state index < -0.39 is 5.97 Å². The van der Waals surface area contributed by atoms with Crippen LogP contribution in [0.15, 0.2) is 60.7 Å². The quantitative estimate of drug-likeness (QED) is 0.315. The molecule has 0 aliphatic rings. The summed E-state index contributed by atoms with van der Waals surface area (Å²) in [5.41, 5.74) is 5.13. The number of halogens is 1. The molecular formula is C27H29ClO4. The van der Waals surface area contributed by atoms with E-state index in [2.05, 4.69) is 13.0 Å². The second kappa shape index (κ2) is 11.6. The molecule has 0 unspecified atom stereocenters. The molecule has 0 fully saturated rings. The predicted molar refractivity (Wildman–Crippen MR) is 129 cm³/mol. The molecule has 0 saturated heterocycles. The summed E-state index contributed by atoms with van der Waals surface area (Å²) in [5.74, 6) is 0.757. The number of hydrogen-bond acceptors (Lipinski definition) is 3. The minimum atomic E-state index is -0.792. The van der Waals surface area contributed by atoms with Crippen LogP contribution in [0.4, 0.5) is 0 Å². The summed E-state index contributed by atoms with van der Waals surface area (Å²) in [6.07, 6.45) is 2.75. The number of rotatable bonds is 11. The lowest BCUT2D eigenvalue weighted by atomic mass is 9.98. The maximum absolute atomic E-state index is 10.7. The van der Waals surface area contributed by atoms with E-state index in [0.717, 1.165) is 52.2 Å². The highest BCUT2D eigenvalue weighted by atomic mass is 35.5. The number of aliphatic carboxylic acids is 1. The Kier molecular flexibility index (Phi) is 8.57. The fourth-order valence-corrected chi connectivity index (χ4v) is 3.85. The fourth-order valence-electron chi connectivity index (χ4n) is 3.48. The Morgan fingerprint density at radius 2 is 1.75 bits per heavy atom. The van der Waals surface area contributed by atoms with Crippen LogP contribution >= 0.6 is 11.6 Å². The average Bonchev–Trinajstić information content (AvgIpc) is 2.77. The van der Waals surface area contributed by atoms with Crippen LogP contribution in [0.2, 0.25) is 5.02 Å². The lowest BCUT2D eigenvalue weighted by Crippen LogP contribution is -1.99. The highest BCUT2D eigenvalue weighted by Crippen LogP contribution is 2.35. The number of carboxylic acids is 1. The summed E-state index contributed by atoms with van der Waals surface area (Å²) >= 11 is 6.62. The van der Waals surface area contributed by atoms with E-state index >= 15 is 0 Å². The van der Waals surface area contributed by atoms with Gasteiger partial charge in [-0.05, 0) is 72.4 Å². The Hall–Kier alpha value is -2.98. The van der Waals surface area contributed by atoms with Crippen molar-refractivity contribution in [2.45, 2.75) is 46.1 Å². The number of unbranched alkanes of at least 4 members (excludes halogenated alkanes) is 1. The maximum Gasteiger partial charge on any atom is 0.303 e. The normalized spacial score (nSPS) is 10.7. The smallest absolute Gasteiger partial charge is 0.303 e. The number of hydrogen-bond donors (Lipinski definition) is 1. The molecule has 0 amide bonds.